The van der Waals surface area contributed by atoms with E-state index < -0.39 is 5.91 Å². The summed E-state index contributed by atoms with van der Waals surface area (Å²) in [4.78, 5) is 23.7. The summed E-state index contributed by atoms with van der Waals surface area (Å²) < 4.78 is 0. The Morgan fingerprint density at radius 1 is 0.957 bits per heavy atom. The van der Waals surface area contributed by atoms with E-state index in [1.54, 1.807) is 6.07 Å². The van der Waals surface area contributed by atoms with Gasteiger partial charge < -0.3 is 10.6 Å². The third kappa shape index (κ3) is 5.58. The number of halogens is 2. The molecule has 0 heterocycles. The van der Waals surface area contributed by atoms with Crippen LogP contribution in [0.3, 0.4) is 0 Å². The smallest absolute Gasteiger partial charge is 0.253 e. The normalized spacial score (nSPS) is 10.2. The molecule has 0 spiro atoms. The van der Waals surface area contributed by atoms with Crippen molar-refractivity contribution in [2.75, 3.05) is 13.1 Å². The van der Waals surface area contributed by atoms with Gasteiger partial charge in [-0.3, -0.25) is 9.59 Å². The van der Waals surface area contributed by atoms with E-state index in [1.165, 1.54) is 12.1 Å². The topological polar surface area (TPSA) is 58.2 Å². The van der Waals surface area contributed by atoms with E-state index in [4.69, 9.17) is 23.2 Å². The monoisotopic (exact) mass is 350 g/mol. The Labute approximate surface area is 144 Å². The predicted molar refractivity (Wildman–Crippen MR) is 92.0 cm³/mol. The highest BCUT2D eigenvalue weighted by Gasteiger charge is 2.11. The van der Waals surface area contributed by atoms with E-state index in [0.717, 1.165) is 12.0 Å². The van der Waals surface area contributed by atoms with Crippen molar-refractivity contribution >= 4 is 35.0 Å². The summed E-state index contributed by atoms with van der Waals surface area (Å²) in [6.45, 7) is 0.410. The van der Waals surface area contributed by atoms with Gasteiger partial charge in [0.05, 0.1) is 17.1 Å². The van der Waals surface area contributed by atoms with Crippen LogP contribution in [-0.2, 0) is 11.2 Å². The van der Waals surface area contributed by atoms with E-state index in [9.17, 15) is 9.59 Å². The van der Waals surface area contributed by atoms with Crippen LogP contribution in [0, 0.1) is 0 Å². The van der Waals surface area contributed by atoms with Gasteiger partial charge in [0.2, 0.25) is 5.91 Å². The lowest BCUT2D eigenvalue weighted by Crippen LogP contribution is -2.37. The Morgan fingerprint density at radius 2 is 1.70 bits per heavy atom. The summed E-state index contributed by atoms with van der Waals surface area (Å²) in [5.74, 6) is -0.663. The third-order valence-corrected chi connectivity index (χ3v) is 3.71. The maximum absolute atomic E-state index is 12.0. The minimum absolute atomic E-state index is 0.105. The van der Waals surface area contributed by atoms with Crippen LogP contribution < -0.4 is 10.6 Å². The quantitative estimate of drug-likeness (QED) is 0.840. The molecule has 120 valence electrons. The van der Waals surface area contributed by atoms with Crippen molar-refractivity contribution in [1.29, 1.82) is 0 Å². The number of nitrogens with one attached hydrogen (secondary N) is 2. The van der Waals surface area contributed by atoms with Crippen molar-refractivity contribution in [1.82, 2.24) is 10.6 Å². The summed E-state index contributed by atoms with van der Waals surface area (Å²) in [6, 6.07) is 14.4. The molecular weight excluding hydrogens is 335 g/mol. The van der Waals surface area contributed by atoms with Gasteiger partial charge in [0.15, 0.2) is 0 Å². The Balaban J connectivity index is 1.74. The molecular formula is C17H16Cl2N2O2. The lowest BCUT2D eigenvalue weighted by Gasteiger charge is -2.08. The van der Waals surface area contributed by atoms with Crippen LogP contribution in [0.5, 0.6) is 0 Å². The third-order valence-electron chi connectivity index (χ3n) is 3.16. The zero-order valence-electron chi connectivity index (χ0n) is 12.3. The number of benzene rings is 2. The lowest BCUT2D eigenvalue weighted by molar-refractivity contribution is -0.120. The van der Waals surface area contributed by atoms with Gasteiger partial charge in [-0.05, 0) is 30.2 Å². The zero-order valence-corrected chi connectivity index (χ0v) is 13.8. The van der Waals surface area contributed by atoms with Crippen LogP contribution >= 0.6 is 23.2 Å². The summed E-state index contributed by atoms with van der Waals surface area (Å²) in [5.41, 5.74) is 1.43. The number of hydrogen-bond donors (Lipinski definition) is 2. The molecule has 0 fully saturated rings. The fourth-order valence-electron chi connectivity index (χ4n) is 1.98. The van der Waals surface area contributed by atoms with Gasteiger partial charge in [-0.2, -0.15) is 0 Å². The van der Waals surface area contributed by atoms with Gasteiger partial charge >= 0.3 is 0 Å². The summed E-state index contributed by atoms with van der Waals surface area (Å²) in [5, 5.41) is 5.98. The molecule has 0 atom stereocenters. The van der Waals surface area contributed by atoms with Crippen molar-refractivity contribution in [3.8, 4) is 0 Å². The van der Waals surface area contributed by atoms with Gasteiger partial charge in [-0.1, -0.05) is 53.5 Å². The van der Waals surface area contributed by atoms with Crippen LogP contribution in [0.2, 0.25) is 10.0 Å². The molecule has 4 nitrogen and oxygen atoms in total. The van der Waals surface area contributed by atoms with Crippen LogP contribution in [0.25, 0.3) is 0 Å². The van der Waals surface area contributed by atoms with Gasteiger partial charge in [0.25, 0.3) is 5.91 Å². The first-order valence-corrected chi connectivity index (χ1v) is 7.86. The van der Waals surface area contributed by atoms with Crippen molar-refractivity contribution in [3.05, 3.63) is 69.7 Å². The van der Waals surface area contributed by atoms with Crippen LogP contribution in [0.1, 0.15) is 15.9 Å². The Morgan fingerprint density at radius 3 is 2.39 bits per heavy atom. The second-order valence-corrected chi connectivity index (χ2v) is 5.74. The highest BCUT2D eigenvalue weighted by Crippen LogP contribution is 2.20. The molecule has 2 aromatic carbocycles. The van der Waals surface area contributed by atoms with Crippen LogP contribution in [0.15, 0.2) is 48.5 Å². The average Bonchev–Trinajstić information content (AvgIpc) is 2.53. The molecule has 2 amide bonds. The predicted octanol–water partition coefficient (Wildman–Crippen LogP) is 3.08. The minimum atomic E-state index is -0.412. The first kappa shape index (κ1) is 17.3. The number of carbonyl (C=O) groups excluding carboxylic acids is 2. The fourth-order valence-corrected chi connectivity index (χ4v) is 2.48. The van der Waals surface area contributed by atoms with Crippen molar-refractivity contribution in [2.24, 2.45) is 0 Å². The molecule has 0 aliphatic carbocycles. The van der Waals surface area contributed by atoms with Gasteiger partial charge in [-0.15, -0.1) is 0 Å². The molecule has 0 aliphatic heterocycles. The van der Waals surface area contributed by atoms with Crippen molar-refractivity contribution in [3.63, 3.8) is 0 Å². The van der Waals surface area contributed by atoms with E-state index in [2.05, 4.69) is 10.6 Å². The van der Waals surface area contributed by atoms with Gasteiger partial charge in [-0.25, -0.2) is 0 Å². The maximum atomic E-state index is 12.0. The zero-order chi connectivity index (χ0) is 16.7. The Bertz CT molecular complexity index is 690. The fraction of sp³-hybridized carbons (Fsp3) is 0.176. The van der Waals surface area contributed by atoms with Gasteiger partial charge in [0, 0.05) is 11.6 Å². The summed E-state index contributed by atoms with van der Waals surface area (Å²) in [6.07, 6.45) is 0.740. The second-order valence-electron chi connectivity index (χ2n) is 4.89. The van der Waals surface area contributed by atoms with Crippen LogP contribution in [-0.4, -0.2) is 24.9 Å². The number of hydrogen-bond acceptors (Lipinski definition) is 2. The highest BCUT2D eigenvalue weighted by molar-refractivity contribution is 6.36. The lowest BCUT2D eigenvalue weighted by atomic mass is 10.1. The molecule has 2 N–H and O–H groups in total. The highest BCUT2D eigenvalue weighted by atomic mass is 35.5. The molecule has 23 heavy (non-hydrogen) atoms. The van der Waals surface area contributed by atoms with Gasteiger partial charge in [0.1, 0.15) is 0 Å². The Kier molecular flexibility index (Phi) is 6.44. The summed E-state index contributed by atoms with van der Waals surface area (Å²) in [7, 11) is 0. The molecule has 0 saturated heterocycles. The van der Waals surface area contributed by atoms with E-state index >= 15 is 0 Å². The van der Waals surface area contributed by atoms with Crippen molar-refractivity contribution < 1.29 is 9.59 Å². The first-order valence-electron chi connectivity index (χ1n) is 7.10. The first-order chi connectivity index (χ1) is 11.1. The van der Waals surface area contributed by atoms with E-state index in [0.29, 0.717) is 11.6 Å². The number of rotatable bonds is 6. The van der Waals surface area contributed by atoms with Crippen molar-refractivity contribution in [2.45, 2.75) is 6.42 Å². The molecule has 0 aromatic heterocycles. The van der Waals surface area contributed by atoms with E-state index in [1.807, 2.05) is 30.3 Å². The summed E-state index contributed by atoms with van der Waals surface area (Å²) >= 11 is 11.7. The number of amides is 2. The molecule has 6 heteroatoms. The molecule has 0 saturated carbocycles. The molecule has 0 aliphatic rings. The molecule has 0 bridgehead atoms. The molecule has 2 aromatic rings. The average molecular weight is 351 g/mol. The second kappa shape index (κ2) is 8.56. The standard InChI is InChI=1S/C17H16Cl2N2O2/c18-13-6-7-14(15(19)10-13)17(23)21-11-16(22)20-9-8-12-4-2-1-3-5-12/h1-7,10H,8-9,11H2,(H,20,22)(H,21,23). The minimum Gasteiger partial charge on any atom is -0.354 e. The SMILES string of the molecule is O=C(CNC(=O)c1ccc(Cl)cc1Cl)NCCc1ccccc1. The molecule has 2 rings (SSSR count). The molecule has 0 unspecified atom stereocenters. The van der Waals surface area contributed by atoms with Crippen LogP contribution in [0.4, 0.5) is 0 Å². The number of carbonyl (C=O) groups is 2. The largest absolute Gasteiger partial charge is 0.354 e. The molecule has 0 radical (unpaired) electrons. The maximum Gasteiger partial charge on any atom is 0.253 e. The Hall–Kier alpha value is -2.04. The van der Waals surface area contributed by atoms with E-state index in [-0.39, 0.29) is 23.0 Å².